The number of carbonyl (C=O) groups is 1. The maximum atomic E-state index is 12.8. The number of ether oxygens (including phenoxy) is 2. The number of nitrogen functional groups attached to an aromatic ring is 1. The van der Waals surface area contributed by atoms with Crippen LogP contribution < -0.4 is 15.2 Å². The number of rotatable bonds is 5. The zero-order chi connectivity index (χ0) is 23.4. The van der Waals surface area contributed by atoms with Crippen LogP contribution in [0.1, 0.15) is 34.8 Å². The van der Waals surface area contributed by atoms with Gasteiger partial charge in [0.2, 0.25) is 0 Å². The van der Waals surface area contributed by atoms with Crippen LogP contribution in [0.2, 0.25) is 0 Å². The van der Waals surface area contributed by atoms with Gasteiger partial charge >= 0.3 is 6.36 Å². The van der Waals surface area contributed by atoms with E-state index < -0.39 is 6.36 Å². The highest BCUT2D eigenvalue weighted by atomic mass is 19.4. The summed E-state index contributed by atoms with van der Waals surface area (Å²) in [6.07, 6.45) is -3.16. The molecule has 33 heavy (non-hydrogen) atoms. The number of hydrogen-bond acceptors (Lipinski definition) is 6. The fourth-order valence-electron chi connectivity index (χ4n) is 3.64. The Morgan fingerprint density at radius 3 is 2.00 bits per heavy atom. The normalized spacial score (nSPS) is 14.7. The van der Waals surface area contributed by atoms with Crippen LogP contribution in [0, 0.1) is 0 Å². The Labute approximate surface area is 187 Å². The van der Waals surface area contributed by atoms with Crippen molar-refractivity contribution in [1.29, 1.82) is 0 Å². The van der Waals surface area contributed by atoms with Crippen molar-refractivity contribution in [2.24, 2.45) is 0 Å². The molecule has 2 N–H and O–H groups in total. The second-order valence-electron chi connectivity index (χ2n) is 7.60. The fraction of sp³-hybridized carbons (Fsp3) is 0.261. The van der Waals surface area contributed by atoms with Crippen molar-refractivity contribution in [2.45, 2.75) is 25.1 Å². The molecule has 2 aromatic carbocycles. The van der Waals surface area contributed by atoms with Crippen LogP contribution in [-0.4, -0.2) is 40.5 Å². The van der Waals surface area contributed by atoms with Crippen LogP contribution in [0.15, 0.2) is 60.7 Å². The average Bonchev–Trinajstić information content (AvgIpc) is 2.80. The van der Waals surface area contributed by atoms with E-state index in [-0.39, 0.29) is 17.6 Å². The van der Waals surface area contributed by atoms with E-state index in [0.29, 0.717) is 36.0 Å². The number of hydrogen-bond donors (Lipinski definition) is 1. The van der Waals surface area contributed by atoms with Gasteiger partial charge < -0.3 is 20.1 Å². The Morgan fingerprint density at radius 2 is 1.45 bits per heavy atom. The Hall–Kier alpha value is -3.82. The topological polar surface area (TPSA) is 90.6 Å². The van der Waals surface area contributed by atoms with Gasteiger partial charge in [0, 0.05) is 24.6 Å². The summed E-state index contributed by atoms with van der Waals surface area (Å²) < 4.78 is 46.2. The van der Waals surface area contributed by atoms with Gasteiger partial charge in [-0.3, -0.25) is 4.79 Å². The highest BCUT2D eigenvalue weighted by molar-refractivity contribution is 5.94. The molecule has 0 spiro atoms. The molecule has 1 fully saturated rings. The summed E-state index contributed by atoms with van der Waals surface area (Å²) in [4.78, 5) is 14.6. The lowest BCUT2D eigenvalue weighted by Crippen LogP contribution is -2.38. The van der Waals surface area contributed by atoms with E-state index in [2.05, 4.69) is 14.9 Å². The molecule has 172 valence electrons. The van der Waals surface area contributed by atoms with Crippen molar-refractivity contribution in [2.75, 3.05) is 18.8 Å². The van der Waals surface area contributed by atoms with Crippen LogP contribution in [-0.2, 0) is 0 Å². The van der Waals surface area contributed by atoms with Gasteiger partial charge in [-0.1, -0.05) is 0 Å². The fourth-order valence-corrected chi connectivity index (χ4v) is 3.64. The highest BCUT2D eigenvalue weighted by Gasteiger charge is 2.31. The second-order valence-corrected chi connectivity index (χ2v) is 7.60. The largest absolute Gasteiger partial charge is 0.573 e. The highest BCUT2D eigenvalue weighted by Crippen LogP contribution is 2.29. The lowest BCUT2D eigenvalue weighted by Gasteiger charge is -2.31. The first kappa shape index (κ1) is 22.4. The van der Waals surface area contributed by atoms with E-state index >= 15 is 0 Å². The number of benzene rings is 2. The van der Waals surface area contributed by atoms with Crippen molar-refractivity contribution in [3.63, 3.8) is 0 Å². The van der Waals surface area contributed by atoms with Crippen molar-refractivity contribution >= 4 is 11.7 Å². The third-order valence-electron chi connectivity index (χ3n) is 5.30. The summed E-state index contributed by atoms with van der Waals surface area (Å²) in [6, 6.07) is 15.3. The van der Waals surface area contributed by atoms with E-state index in [4.69, 9.17) is 10.5 Å². The second kappa shape index (κ2) is 9.35. The van der Waals surface area contributed by atoms with Crippen molar-refractivity contribution in [3.05, 3.63) is 71.9 Å². The predicted molar refractivity (Wildman–Crippen MR) is 114 cm³/mol. The summed E-state index contributed by atoms with van der Waals surface area (Å²) in [5.41, 5.74) is 7.00. The van der Waals surface area contributed by atoms with E-state index in [0.717, 1.165) is 18.5 Å². The number of anilines is 1. The number of amides is 1. The molecule has 0 bridgehead atoms. The van der Waals surface area contributed by atoms with Gasteiger partial charge in [-0.05, 0) is 73.5 Å². The molecular weight excluding hydrogens is 437 g/mol. The van der Waals surface area contributed by atoms with E-state index in [1.165, 1.54) is 24.3 Å². The smallest absolute Gasteiger partial charge is 0.457 e. The van der Waals surface area contributed by atoms with Crippen LogP contribution in [0.5, 0.6) is 17.2 Å². The van der Waals surface area contributed by atoms with Crippen molar-refractivity contribution < 1.29 is 27.4 Å². The number of likely N-dealkylation sites (tertiary alicyclic amines) is 1. The number of nitrogens with zero attached hydrogens (tertiary/aromatic N) is 3. The first-order valence-electron chi connectivity index (χ1n) is 10.3. The zero-order valence-electron chi connectivity index (χ0n) is 17.5. The Morgan fingerprint density at radius 1 is 0.879 bits per heavy atom. The van der Waals surface area contributed by atoms with Crippen LogP contribution in [0.4, 0.5) is 19.0 Å². The summed E-state index contributed by atoms with van der Waals surface area (Å²) in [5, 5.41) is 8.04. The van der Waals surface area contributed by atoms with Gasteiger partial charge in [0.05, 0.1) is 5.69 Å². The number of alkyl halides is 3. The monoisotopic (exact) mass is 458 g/mol. The Balaban J connectivity index is 1.31. The summed E-state index contributed by atoms with van der Waals surface area (Å²) in [6.45, 7) is 1.22. The molecule has 1 saturated heterocycles. The van der Waals surface area contributed by atoms with Gasteiger partial charge in [-0.2, -0.15) is 5.10 Å². The Bertz CT molecular complexity index is 1080. The average molecular weight is 458 g/mol. The quantitative estimate of drug-likeness (QED) is 0.592. The maximum Gasteiger partial charge on any atom is 0.573 e. The van der Waals surface area contributed by atoms with Crippen molar-refractivity contribution in [1.82, 2.24) is 15.1 Å². The number of halogens is 3. The molecule has 3 aromatic rings. The maximum absolute atomic E-state index is 12.8. The molecule has 4 rings (SSSR count). The molecule has 0 unspecified atom stereocenters. The summed E-state index contributed by atoms with van der Waals surface area (Å²) in [7, 11) is 0. The molecule has 2 heterocycles. The molecule has 0 radical (unpaired) electrons. The summed E-state index contributed by atoms with van der Waals surface area (Å²) >= 11 is 0. The van der Waals surface area contributed by atoms with Crippen LogP contribution in [0.3, 0.4) is 0 Å². The van der Waals surface area contributed by atoms with E-state index in [9.17, 15) is 18.0 Å². The predicted octanol–water partition coefficient (Wildman–Crippen LogP) is 4.77. The lowest BCUT2D eigenvalue weighted by atomic mass is 9.93. The minimum Gasteiger partial charge on any atom is -0.457 e. The third-order valence-corrected chi connectivity index (χ3v) is 5.30. The molecule has 0 atom stereocenters. The van der Waals surface area contributed by atoms with Gasteiger partial charge in [0.1, 0.15) is 23.1 Å². The molecule has 0 aliphatic carbocycles. The van der Waals surface area contributed by atoms with Gasteiger partial charge in [-0.15, -0.1) is 18.3 Å². The third kappa shape index (κ3) is 5.91. The number of nitrogens with two attached hydrogens (primary N) is 1. The molecule has 1 aromatic heterocycles. The van der Waals surface area contributed by atoms with Gasteiger partial charge in [0.25, 0.3) is 5.91 Å². The Kier molecular flexibility index (Phi) is 6.34. The zero-order valence-corrected chi connectivity index (χ0v) is 17.5. The standard InChI is InChI=1S/C23H21F3N4O3/c24-23(25,26)33-19-7-5-18(6-8-19)32-17-3-1-16(2-4-17)22(31)30-13-11-15(12-14-30)20-9-10-21(27)29-28-20/h1-10,15H,11-14H2,(H2,27,29). The van der Waals surface area contributed by atoms with Crippen molar-refractivity contribution in [3.8, 4) is 17.2 Å². The molecule has 0 saturated carbocycles. The first-order valence-corrected chi connectivity index (χ1v) is 10.3. The van der Waals surface area contributed by atoms with Crippen LogP contribution >= 0.6 is 0 Å². The van der Waals surface area contributed by atoms with Gasteiger partial charge in [-0.25, -0.2) is 0 Å². The van der Waals surface area contributed by atoms with E-state index in [1.54, 1.807) is 35.2 Å². The number of carbonyl (C=O) groups excluding carboxylic acids is 1. The van der Waals surface area contributed by atoms with E-state index in [1.807, 2.05) is 6.07 Å². The molecule has 1 aliphatic heterocycles. The molecule has 1 amide bonds. The summed E-state index contributed by atoms with van der Waals surface area (Å²) in [5.74, 6) is 1.02. The minimum absolute atomic E-state index is 0.0722. The first-order chi connectivity index (χ1) is 15.8. The number of aromatic nitrogens is 2. The van der Waals surface area contributed by atoms with Gasteiger partial charge in [0.15, 0.2) is 0 Å². The SMILES string of the molecule is Nc1ccc(C2CCN(C(=O)c3ccc(Oc4ccc(OC(F)(F)F)cc4)cc3)CC2)nn1. The number of piperidine rings is 1. The lowest BCUT2D eigenvalue weighted by molar-refractivity contribution is -0.274. The minimum atomic E-state index is -4.75. The molecular formula is C23H21F3N4O3. The van der Waals surface area contributed by atoms with Crippen LogP contribution in [0.25, 0.3) is 0 Å². The molecule has 7 nitrogen and oxygen atoms in total. The molecule has 1 aliphatic rings. The molecule has 10 heteroatoms.